The predicted octanol–water partition coefficient (Wildman–Crippen LogP) is 4.99. The highest BCUT2D eigenvalue weighted by Gasteiger charge is 2.61. The molecule has 0 aliphatic heterocycles. The third-order valence-electron chi connectivity index (χ3n) is 6.77. The monoisotopic (exact) mass is 283 g/mol. The molecule has 1 aromatic carbocycles. The summed E-state index contributed by atoms with van der Waals surface area (Å²) in [5, 5.41) is 0. The fourth-order valence-corrected chi connectivity index (χ4v) is 7.01. The van der Waals surface area contributed by atoms with E-state index in [1.807, 2.05) is 0 Å². The Hall–Kier alpha value is -0.820. The van der Waals surface area contributed by atoms with E-state index in [1.165, 1.54) is 49.7 Å². The molecule has 0 spiro atoms. The molecule has 1 heteroatoms. The fourth-order valence-electron chi connectivity index (χ4n) is 7.01. The zero-order valence-electron chi connectivity index (χ0n) is 13.8. The minimum Gasteiger partial charge on any atom is -0.323 e. The summed E-state index contributed by atoms with van der Waals surface area (Å²) in [5.74, 6) is 0.924. The minimum atomic E-state index is 0.222. The predicted molar refractivity (Wildman–Crippen MR) is 87.9 cm³/mol. The van der Waals surface area contributed by atoms with Crippen LogP contribution >= 0.6 is 0 Å². The van der Waals surface area contributed by atoms with Gasteiger partial charge in [0.25, 0.3) is 0 Å². The Kier molecular flexibility index (Phi) is 2.72. The molecule has 4 saturated carbocycles. The molecule has 5 rings (SSSR count). The van der Waals surface area contributed by atoms with E-state index in [0.717, 1.165) is 5.92 Å². The molecule has 4 aliphatic rings. The van der Waals surface area contributed by atoms with Gasteiger partial charge in [0.1, 0.15) is 0 Å². The topological polar surface area (TPSA) is 26.0 Å². The van der Waals surface area contributed by atoms with Crippen LogP contribution in [0.3, 0.4) is 0 Å². The highest BCUT2D eigenvalue weighted by molar-refractivity contribution is 5.27. The number of hydrogen-bond acceptors (Lipinski definition) is 1. The average molecular weight is 283 g/mol. The zero-order chi connectivity index (χ0) is 14.9. The molecule has 4 aliphatic carbocycles. The summed E-state index contributed by atoms with van der Waals surface area (Å²) >= 11 is 0. The van der Waals surface area contributed by atoms with Crippen LogP contribution in [-0.4, -0.2) is 0 Å². The quantitative estimate of drug-likeness (QED) is 0.813. The Morgan fingerprint density at radius 3 is 2.05 bits per heavy atom. The first-order valence-corrected chi connectivity index (χ1v) is 8.64. The standard InChI is InChI=1S/C20H29N/c1-14-4-6-16(7-5-14)17(21)20-10-15-8-18(2,12-20)11-19(3,9-15)13-20/h4-7,15,17H,8-13,21H2,1-3H3. The Labute approximate surface area is 129 Å². The molecule has 4 fully saturated rings. The fraction of sp³-hybridized carbons (Fsp3) is 0.700. The lowest BCUT2D eigenvalue weighted by Crippen LogP contribution is -2.58. The van der Waals surface area contributed by atoms with Crippen molar-refractivity contribution in [3.63, 3.8) is 0 Å². The first kappa shape index (κ1) is 13.8. The summed E-state index contributed by atoms with van der Waals surface area (Å²) in [6.45, 7) is 7.22. The molecule has 3 unspecified atom stereocenters. The van der Waals surface area contributed by atoms with Gasteiger partial charge in [0, 0.05) is 6.04 Å². The molecule has 3 atom stereocenters. The molecular weight excluding hydrogens is 254 g/mol. The second kappa shape index (κ2) is 4.13. The van der Waals surface area contributed by atoms with Crippen LogP contribution in [0.25, 0.3) is 0 Å². The smallest absolute Gasteiger partial charge is 0.0352 e. The molecular formula is C20H29N. The van der Waals surface area contributed by atoms with Crippen LogP contribution in [0, 0.1) is 29.1 Å². The van der Waals surface area contributed by atoms with Crippen LogP contribution in [0.2, 0.25) is 0 Å². The van der Waals surface area contributed by atoms with Crippen molar-refractivity contribution in [3.05, 3.63) is 35.4 Å². The van der Waals surface area contributed by atoms with Crippen molar-refractivity contribution >= 4 is 0 Å². The summed E-state index contributed by atoms with van der Waals surface area (Å²) in [6.07, 6.45) is 8.39. The number of aryl methyl sites for hydroxylation is 1. The molecule has 2 N–H and O–H groups in total. The van der Waals surface area contributed by atoms with E-state index in [0.29, 0.717) is 16.2 Å². The van der Waals surface area contributed by atoms with E-state index >= 15 is 0 Å². The lowest BCUT2D eigenvalue weighted by atomic mass is 9.39. The maximum absolute atomic E-state index is 6.86. The van der Waals surface area contributed by atoms with Crippen molar-refractivity contribution in [1.82, 2.24) is 0 Å². The first-order valence-electron chi connectivity index (χ1n) is 8.64. The summed E-state index contributed by atoms with van der Waals surface area (Å²) in [4.78, 5) is 0. The number of nitrogens with two attached hydrogens (primary N) is 1. The van der Waals surface area contributed by atoms with Crippen molar-refractivity contribution in [3.8, 4) is 0 Å². The second-order valence-electron chi connectivity index (χ2n) is 9.38. The van der Waals surface area contributed by atoms with Crippen molar-refractivity contribution in [2.45, 2.75) is 65.3 Å². The average Bonchev–Trinajstić information content (AvgIpc) is 2.34. The molecule has 0 saturated heterocycles. The third kappa shape index (κ3) is 2.08. The van der Waals surface area contributed by atoms with E-state index in [9.17, 15) is 0 Å². The molecule has 0 radical (unpaired) electrons. The van der Waals surface area contributed by atoms with Gasteiger partial charge in [-0.3, -0.25) is 0 Å². The molecule has 1 nitrogen and oxygen atoms in total. The van der Waals surface area contributed by atoms with Crippen molar-refractivity contribution < 1.29 is 0 Å². The van der Waals surface area contributed by atoms with Gasteiger partial charge >= 0.3 is 0 Å². The lowest BCUT2D eigenvalue weighted by molar-refractivity contribution is -0.154. The van der Waals surface area contributed by atoms with Crippen molar-refractivity contribution in [2.75, 3.05) is 0 Å². The van der Waals surface area contributed by atoms with E-state index in [2.05, 4.69) is 45.0 Å². The second-order valence-corrected chi connectivity index (χ2v) is 9.38. The molecule has 21 heavy (non-hydrogen) atoms. The summed E-state index contributed by atoms with van der Waals surface area (Å²) in [6, 6.07) is 9.20. The number of hydrogen-bond donors (Lipinski definition) is 1. The normalized spacial score (nSPS) is 45.8. The minimum absolute atomic E-state index is 0.222. The summed E-state index contributed by atoms with van der Waals surface area (Å²) in [7, 11) is 0. The number of benzene rings is 1. The van der Waals surface area contributed by atoms with E-state index < -0.39 is 0 Å². The van der Waals surface area contributed by atoms with Crippen molar-refractivity contribution in [1.29, 1.82) is 0 Å². The van der Waals surface area contributed by atoms with Crippen LogP contribution in [0.4, 0.5) is 0 Å². The van der Waals surface area contributed by atoms with Gasteiger partial charge in [0.15, 0.2) is 0 Å². The zero-order valence-corrected chi connectivity index (χ0v) is 13.8. The molecule has 114 valence electrons. The van der Waals surface area contributed by atoms with Crippen LogP contribution in [-0.2, 0) is 0 Å². The Morgan fingerprint density at radius 2 is 1.52 bits per heavy atom. The van der Waals surface area contributed by atoms with Gasteiger partial charge in [-0.1, -0.05) is 43.7 Å². The maximum atomic E-state index is 6.86. The SMILES string of the molecule is Cc1ccc(C(N)C23CC4CC(C)(CC(C)(C4)C2)C3)cc1. The Morgan fingerprint density at radius 1 is 0.952 bits per heavy atom. The Balaban J connectivity index is 1.72. The maximum Gasteiger partial charge on any atom is 0.0352 e. The van der Waals surface area contributed by atoms with Crippen molar-refractivity contribution in [2.24, 2.45) is 27.9 Å². The molecule has 0 aromatic heterocycles. The lowest BCUT2D eigenvalue weighted by Gasteiger charge is -2.67. The van der Waals surface area contributed by atoms with Gasteiger partial charge in [0.05, 0.1) is 0 Å². The van der Waals surface area contributed by atoms with Crippen LogP contribution in [0.1, 0.15) is 69.5 Å². The van der Waals surface area contributed by atoms with Crippen LogP contribution in [0.15, 0.2) is 24.3 Å². The Bertz CT molecular complexity index is 540. The summed E-state index contributed by atoms with van der Waals surface area (Å²) in [5.41, 5.74) is 11.0. The largest absolute Gasteiger partial charge is 0.323 e. The molecule has 4 bridgehead atoms. The van der Waals surface area contributed by atoms with E-state index in [4.69, 9.17) is 5.73 Å². The van der Waals surface area contributed by atoms with Gasteiger partial charge in [-0.15, -0.1) is 0 Å². The number of rotatable bonds is 2. The highest BCUT2D eigenvalue weighted by atomic mass is 14.8. The third-order valence-corrected chi connectivity index (χ3v) is 6.77. The van der Waals surface area contributed by atoms with E-state index in [-0.39, 0.29) is 6.04 Å². The van der Waals surface area contributed by atoms with Crippen LogP contribution in [0.5, 0.6) is 0 Å². The molecule has 1 aromatic rings. The molecule has 0 heterocycles. The van der Waals surface area contributed by atoms with Gasteiger partial charge < -0.3 is 5.73 Å². The van der Waals surface area contributed by atoms with Gasteiger partial charge in [-0.2, -0.15) is 0 Å². The van der Waals surface area contributed by atoms with Gasteiger partial charge in [0.2, 0.25) is 0 Å². The molecule has 0 amide bonds. The van der Waals surface area contributed by atoms with Gasteiger partial charge in [-0.05, 0) is 73.2 Å². The van der Waals surface area contributed by atoms with Gasteiger partial charge in [-0.25, -0.2) is 0 Å². The summed E-state index contributed by atoms with van der Waals surface area (Å²) < 4.78 is 0. The van der Waals surface area contributed by atoms with Crippen LogP contribution < -0.4 is 5.73 Å². The first-order chi connectivity index (χ1) is 9.82. The van der Waals surface area contributed by atoms with E-state index in [1.54, 1.807) is 0 Å². The highest BCUT2D eigenvalue weighted by Crippen LogP contribution is 2.71.